The molecule has 11 nitrogen and oxygen atoms in total. The van der Waals surface area contributed by atoms with E-state index in [1.165, 1.54) is 19.3 Å². The maximum Gasteiger partial charge on any atom is 0.342 e. The Morgan fingerprint density at radius 1 is 1.26 bits per heavy atom. The molecule has 2 heterocycles. The summed E-state index contributed by atoms with van der Waals surface area (Å²) in [6.07, 6.45) is 1.31. The standard InChI is InChI=1S/C22H19ClN4O7S/c1-32-18-5-3-14(23)12-15(18)20-24-25-22(34-20)35-19(21(28)29)11-13-2-4-16(17(10-13)27(30)31)26-6-8-33-9-7-26/h2-5,10-12H,6-9H2,1H3,(H,28,29)/b19-11+. The number of carboxylic acid groups (broad SMARTS) is 1. The molecular weight excluding hydrogens is 500 g/mol. The van der Waals surface area contributed by atoms with Gasteiger partial charge in [0.25, 0.3) is 16.8 Å². The summed E-state index contributed by atoms with van der Waals surface area (Å²) in [5.41, 5.74) is 1.13. The van der Waals surface area contributed by atoms with Crippen LogP contribution in [0.2, 0.25) is 5.02 Å². The number of aromatic nitrogens is 2. The number of carboxylic acids is 1. The summed E-state index contributed by atoms with van der Waals surface area (Å²) >= 11 is 6.77. The highest BCUT2D eigenvalue weighted by atomic mass is 35.5. The first kappa shape index (κ1) is 24.5. The van der Waals surface area contributed by atoms with Gasteiger partial charge in [-0.2, -0.15) is 0 Å². The van der Waals surface area contributed by atoms with Crippen molar-refractivity contribution in [1.82, 2.24) is 10.2 Å². The van der Waals surface area contributed by atoms with E-state index in [0.29, 0.717) is 53.9 Å². The number of nitro benzene ring substituents is 1. The smallest absolute Gasteiger partial charge is 0.342 e. The number of aliphatic carboxylic acids is 1. The first-order chi connectivity index (χ1) is 16.9. The molecule has 2 aromatic carbocycles. The second-order valence-corrected chi connectivity index (χ2v) is 8.67. The van der Waals surface area contributed by atoms with Crippen LogP contribution >= 0.6 is 23.4 Å². The Bertz CT molecular complexity index is 1290. The van der Waals surface area contributed by atoms with Crippen LogP contribution in [0.1, 0.15) is 5.56 Å². The van der Waals surface area contributed by atoms with E-state index in [9.17, 15) is 20.0 Å². The number of methoxy groups -OCH3 is 1. The number of rotatable bonds is 8. The third kappa shape index (κ3) is 5.73. The SMILES string of the molecule is COc1ccc(Cl)cc1-c1nnc(S/C(=C/c2ccc(N3CCOCC3)c([N+](=O)[O-])c2)C(=O)O)o1. The number of halogens is 1. The van der Waals surface area contributed by atoms with Crippen LogP contribution in [0.15, 0.2) is 50.9 Å². The fraction of sp³-hybridized carbons (Fsp3) is 0.227. The number of morpholine rings is 1. The van der Waals surface area contributed by atoms with Crippen LogP contribution in [-0.4, -0.2) is 59.6 Å². The lowest BCUT2D eigenvalue weighted by molar-refractivity contribution is -0.384. The number of hydrogen-bond acceptors (Lipinski definition) is 10. The second kappa shape index (κ2) is 10.8. The van der Waals surface area contributed by atoms with Gasteiger partial charge >= 0.3 is 5.97 Å². The average Bonchev–Trinajstić information content (AvgIpc) is 3.32. The fourth-order valence-electron chi connectivity index (χ4n) is 3.44. The minimum absolute atomic E-state index is 0.0323. The minimum atomic E-state index is -1.25. The number of carbonyl (C=O) groups is 1. The summed E-state index contributed by atoms with van der Waals surface area (Å²) in [6.45, 7) is 2.02. The summed E-state index contributed by atoms with van der Waals surface area (Å²) in [6, 6.07) is 9.44. The van der Waals surface area contributed by atoms with Crippen molar-refractivity contribution in [2.75, 3.05) is 38.3 Å². The van der Waals surface area contributed by atoms with E-state index in [-0.39, 0.29) is 21.7 Å². The van der Waals surface area contributed by atoms with Gasteiger partial charge < -0.3 is 23.9 Å². The van der Waals surface area contributed by atoms with Crippen molar-refractivity contribution in [1.29, 1.82) is 0 Å². The van der Waals surface area contributed by atoms with Crippen molar-refractivity contribution in [3.63, 3.8) is 0 Å². The van der Waals surface area contributed by atoms with Crippen LogP contribution in [0.25, 0.3) is 17.5 Å². The Balaban J connectivity index is 1.61. The number of anilines is 1. The van der Waals surface area contributed by atoms with Crippen LogP contribution in [0.5, 0.6) is 5.75 Å². The van der Waals surface area contributed by atoms with E-state index in [2.05, 4.69) is 10.2 Å². The Morgan fingerprint density at radius 3 is 2.71 bits per heavy atom. The first-order valence-corrected chi connectivity index (χ1v) is 11.5. The summed E-state index contributed by atoms with van der Waals surface area (Å²) in [5.74, 6) is -0.701. The van der Waals surface area contributed by atoms with Crippen molar-refractivity contribution in [2.45, 2.75) is 5.22 Å². The van der Waals surface area contributed by atoms with E-state index < -0.39 is 10.9 Å². The molecule has 0 atom stereocenters. The molecule has 0 spiro atoms. The summed E-state index contributed by atoms with van der Waals surface area (Å²) in [5, 5.41) is 29.7. The van der Waals surface area contributed by atoms with Gasteiger partial charge in [-0.3, -0.25) is 10.1 Å². The largest absolute Gasteiger partial charge is 0.496 e. The van der Waals surface area contributed by atoms with E-state index >= 15 is 0 Å². The molecule has 1 aliphatic heterocycles. The van der Waals surface area contributed by atoms with Crippen LogP contribution in [0, 0.1) is 10.1 Å². The van der Waals surface area contributed by atoms with E-state index in [4.69, 9.17) is 25.5 Å². The lowest BCUT2D eigenvalue weighted by Crippen LogP contribution is -2.36. The highest BCUT2D eigenvalue weighted by Crippen LogP contribution is 2.36. The molecule has 0 radical (unpaired) electrons. The molecule has 0 amide bonds. The predicted octanol–water partition coefficient (Wildman–Crippen LogP) is 4.36. The molecule has 0 bridgehead atoms. The van der Waals surface area contributed by atoms with Crippen molar-refractivity contribution < 1.29 is 28.7 Å². The topological polar surface area (TPSA) is 141 Å². The number of ether oxygens (including phenoxy) is 2. The van der Waals surface area contributed by atoms with Gasteiger partial charge in [-0.15, -0.1) is 10.2 Å². The van der Waals surface area contributed by atoms with Crippen LogP contribution in [0.3, 0.4) is 0 Å². The molecule has 0 aliphatic carbocycles. The molecule has 1 fully saturated rings. The maximum absolute atomic E-state index is 11.9. The first-order valence-electron chi connectivity index (χ1n) is 10.3. The molecule has 0 unspecified atom stereocenters. The van der Waals surface area contributed by atoms with Gasteiger partial charge in [-0.05, 0) is 47.7 Å². The monoisotopic (exact) mass is 518 g/mol. The highest BCUT2D eigenvalue weighted by Gasteiger charge is 2.23. The van der Waals surface area contributed by atoms with Crippen molar-refractivity contribution in [3.05, 3.63) is 62.0 Å². The van der Waals surface area contributed by atoms with Gasteiger partial charge in [0.1, 0.15) is 16.3 Å². The third-order valence-corrected chi connectivity index (χ3v) is 6.14. The molecule has 4 rings (SSSR count). The van der Waals surface area contributed by atoms with Gasteiger partial charge in [-0.1, -0.05) is 17.7 Å². The number of hydrogen-bond donors (Lipinski definition) is 1. The summed E-state index contributed by atoms with van der Waals surface area (Å²) in [7, 11) is 1.48. The van der Waals surface area contributed by atoms with Gasteiger partial charge in [0, 0.05) is 24.2 Å². The Labute approximate surface area is 208 Å². The van der Waals surface area contributed by atoms with Gasteiger partial charge in [0.15, 0.2) is 0 Å². The molecule has 1 aliphatic rings. The second-order valence-electron chi connectivity index (χ2n) is 7.24. The normalized spacial score (nSPS) is 14.1. The molecule has 182 valence electrons. The molecule has 13 heteroatoms. The fourth-order valence-corrected chi connectivity index (χ4v) is 4.28. The molecule has 35 heavy (non-hydrogen) atoms. The van der Waals surface area contributed by atoms with E-state index in [0.717, 1.165) is 11.8 Å². The maximum atomic E-state index is 11.9. The summed E-state index contributed by atoms with van der Waals surface area (Å²) < 4.78 is 16.2. The molecule has 1 aromatic heterocycles. The van der Waals surface area contributed by atoms with Crippen molar-refractivity contribution in [2.24, 2.45) is 0 Å². The van der Waals surface area contributed by atoms with Gasteiger partial charge in [-0.25, -0.2) is 4.79 Å². The molecule has 0 saturated carbocycles. The minimum Gasteiger partial charge on any atom is -0.496 e. The Hall–Kier alpha value is -3.61. The van der Waals surface area contributed by atoms with E-state index in [1.54, 1.807) is 30.3 Å². The number of nitrogens with zero attached hydrogens (tertiary/aromatic N) is 4. The third-order valence-electron chi connectivity index (χ3n) is 5.05. The van der Waals surface area contributed by atoms with Gasteiger partial charge in [0.2, 0.25) is 0 Å². The molecule has 1 N–H and O–H groups in total. The Kier molecular flexibility index (Phi) is 7.54. The molecular formula is C22H19ClN4O7S. The number of benzene rings is 2. The number of nitro groups is 1. The zero-order valence-electron chi connectivity index (χ0n) is 18.3. The lowest BCUT2D eigenvalue weighted by atomic mass is 10.1. The lowest BCUT2D eigenvalue weighted by Gasteiger charge is -2.28. The quantitative estimate of drug-likeness (QED) is 0.197. The zero-order chi connectivity index (χ0) is 24.9. The zero-order valence-corrected chi connectivity index (χ0v) is 19.9. The summed E-state index contributed by atoms with van der Waals surface area (Å²) in [4.78, 5) is 24.8. The van der Waals surface area contributed by atoms with Crippen LogP contribution in [-0.2, 0) is 9.53 Å². The van der Waals surface area contributed by atoms with Crippen molar-refractivity contribution in [3.8, 4) is 17.2 Å². The van der Waals surface area contributed by atoms with E-state index in [1.807, 2.05) is 4.90 Å². The average molecular weight is 519 g/mol. The highest BCUT2D eigenvalue weighted by molar-refractivity contribution is 8.03. The number of thioether (sulfide) groups is 1. The molecule has 1 saturated heterocycles. The Morgan fingerprint density at radius 2 is 2.03 bits per heavy atom. The van der Waals surface area contributed by atoms with Crippen LogP contribution < -0.4 is 9.64 Å². The predicted molar refractivity (Wildman–Crippen MR) is 129 cm³/mol. The van der Waals surface area contributed by atoms with Crippen molar-refractivity contribution >= 4 is 46.8 Å². The van der Waals surface area contributed by atoms with Crippen LogP contribution in [0.4, 0.5) is 11.4 Å². The molecule has 3 aromatic rings. The van der Waals surface area contributed by atoms with Gasteiger partial charge in [0.05, 0.1) is 30.8 Å².